The number of carboxylic acids is 1. The molecule has 0 spiro atoms. The van der Waals surface area contributed by atoms with Crippen molar-refractivity contribution in [2.24, 2.45) is 5.41 Å². The van der Waals surface area contributed by atoms with Crippen molar-refractivity contribution in [2.75, 3.05) is 0 Å². The number of carbonyl (C=O) groups is 2. The van der Waals surface area contributed by atoms with Crippen LogP contribution >= 0.6 is 23.2 Å². The molecule has 0 saturated carbocycles. The van der Waals surface area contributed by atoms with Crippen LogP contribution in [0.1, 0.15) is 44.4 Å². The molecular weight excluding hydrogens is 541 g/mol. The number of pyridine rings is 1. The van der Waals surface area contributed by atoms with Crippen molar-refractivity contribution in [2.45, 2.75) is 56.7 Å². The van der Waals surface area contributed by atoms with E-state index in [1.807, 2.05) is 6.07 Å². The van der Waals surface area contributed by atoms with Gasteiger partial charge >= 0.3 is 18.0 Å². The Labute approximate surface area is 219 Å². The minimum atomic E-state index is -4.88. The number of nitrogens with zero attached hydrogens (tertiary/aromatic N) is 3. The summed E-state index contributed by atoms with van der Waals surface area (Å²) in [5, 5.41) is 20.5. The summed E-state index contributed by atoms with van der Waals surface area (Å²) in [7, 11) is 0. The molecule has 1 fully saturated rings. The summed E-state index contributed by atoms with van der Waals surface area (Å²) in [4.78, 5) is 31.4. The van der Waals surface area contributed by atoms with Crippen molar-refractivity contribution in [3.63, 3.8) is 0 Å². The fourth-order valence-electron chi connectivity index (χ4n) is 4.98. The Kier molecular flexibility index (Phi) is 7.80. The third-order valence-corrected chi connectivity index (χ3v) is 6.83. The molecule has 13 heteroatoms. The van der Waals surface area contributed by atoms with Gasteiger partial charge in [-0.1, -0.05) is 56.1 Å². The van der Waals surface area contributed by atoms with Crippen LogP contribution in [0.25, 0.3) is 0 Å². The van der Waals surface area contributed by atoms with E-state index in [9.17, 15) is 24.5 Å². The van der Waals surface area contributed by atoms with Crippen molar-refractivity contribution in [3.05, 3.63) is 63.6 Å². The Morgan fingerprint density at radius 3 is 2.38 bits per heavy atom. The SMILES string of the molecule is CC(C)(C)C[C@@H]1N(C(F)(F)C(=O)OF)[C@@H](C(=O)O)[C@H](c2cccc(Cl)c2F)[C@@]1(C#N)c1ccc(Cl)cn1. The first-order valence-corrected chi connectivity index (χ1v) is 11.6. The number of alkyl halides is 2. The fraction of sp³-hybridized carbons (Fsp3) is 0.417. The first-order valence-electron chi connectivity index (χ1n) is 10.8. The third kappa shape index (κ3) is 4.85. The molecule has 1 aliphatic heterocycles. The number of carbonyl (C=O) groups excluding carboxylic acids is 1. The Balaban J connectivity index is 2.54. The van der Waals surface area contributed by atoms with Crippen molar-refractivity contribution >= 4 is 35.1 Å². The maximum absolute atomic E-state index is 15.6. The smallest absolute Gasteiger partial charge is 0.434 e. The van der Waals surface area contributed by atoms with Crippen LogP contribution in [0.3, 0.4) is 0 Å². The first kappa shape index (κ1) is 28.6. The van der Waals surface area contributed by atoms with Gasteiger partial charge in [0.15, 0.2) is 0 Å². The van der Waals surface area contributed by atoms with E-state index < -0.39 is 63.2 Å². The fourth-order valence-corrected chi connectivity index (χ4v) is 5.27. The van der Waals surface area contributed by atoms with Crippen LogP contribution in [0.15, 0.2) is 36.5 Å². The molecule has 7 nitrogen and oxygen atoms in total. The summed E-state index contributed by atoms with van der Waals surface area (Å²) in [5.41, 5.74) is -3.87. The lowest BCUT2D eigenvalue weighted by molar-refractivity contribution is -0.245. The highest BCUT2D eigenvalue weighted by Crippen LogP contribution is 2.58. The van der Waals surface area contributed by atoms with E-state index in [-0.39, 0.29) is 22.0 Å². The zero-order valence-electron chi connectivity index (χ0n) is 19.7. The number of nitriles is 1. The number of hydrogen-bond donors (Lipinski definition) is 1. The number of hydrogen-bond acceptors (Lipinski definition) is 6. The summed E-state index contributed by atoms with van der Waals surface area (Å²) in [6.45, 7) is 4.87. The summed E-state index contributed by atoms with van der Waals surface area (Å²) in [5.74, 6) is -7.67. The number of rotatable bonds is 6. The summed E-state index contributed by atoms with van der Waals surface area (Å²) < 4.78 is 59.4. The zero-order valence-corrected chi connectivity index (χ0v) is 21.2. The molecule has 0 aliphatic carbocycles. The molecule has 3 rings (SSSR count). The number of likely N-dealkylation sites (tertiary alicyclic amines) is 1. The quantitative estimate of drug-likeness (QED) is 0.358. The first-order chi connectivity index (χ1) is 17.1. The number of carboxylic acid groups (broad SMARTS) is 1. The van der Waals surface area contributed by atoms with Gasteiger partial charge in [0.1, 0.15) is 17.3 Å². The topological polar surface area (TPSA) is 104 Å². The number of aliphatic carboxylic acids is 1. The molecule has 2 aromatic rings. The zero-order chi connectivity index (χ0) is 27.9. The second-order valence-corrected chi connectivity index (χ2v) is 10.7. The van der Waals surface area contributed by atoms with Crippen LogP contribution in [-0.4, -0.2) is 45.1 Å². The summed E-state index contributed by atoms with van der Waals surface area (Å²) in [6.07, 6.45) is 0.782. The third-order valence-electron chi connectivity index (χ3n) is 6.32. The lowest BCUT2D eigenvalue weighted by Crippen LogP contribution is -2.58. The molecule has 1 aromatic heterocycles. The largest absolute Gasteiger partial charge is 0.480 e. The average Bonchev–Trinajstić information content (AvgIpc) is 3.10. The Bertz CT molecular complexity index is 1250. The van der Waals surface area contributed by atoms with Gasteiger partial charge in [0, 0.05) is 22.7 Å². The Hall–Kier alpha value is -2.94. The number of halogens is 6. The summed E-state index contributed by atoms with van der Waals surface area (Å²) in [6, 6.07) is -1.16. The number of benzene rings is 1. The van der Waals surface area contributed by atoms with Crippen LogP contribution in [0.4, 0.5) is 17.7 Å². The van der Waals surface area contributed by atoms with Gasteiger partial charge in [0.05, 0.1) is 21.8 Å². The van der Waals surface area contributed by atoms with Crippen molar-refractivity contribution in [3.8, 4) is 6.07 Å². The highest BCUT2D eigenvalue weighted by atomic mass is 35.5. The Morgan fingerprint density at radius 2 is 1.89 bits per heavy atom. The van der Waals surface area contributed by atoms with Crippen LogP contribution < -0.4 is 0 Å². The van der Waals surface area contributed by atoms with E-state index in [0.717, 1.165) is 18.3 Å². The van der Waals surface area contributed by atoms with E-state index in [0.29, 0.717) is 0 Å². The van der Waals surface area contributed by atoms with Crippen molar-refractivity contribution in [1.29, 1.82) is 5.26 Å². The van der Waals surface area contributed by atoms with E-state index in [1.54, 1.807) is 20.8 Å². The average molecular weight is 562 g/mol. The van der Waals surface area contributed by atoms with Gasteiger partial charge in [-0.15, -0.1) is 0 Å². The molecule has 0 bridgehead atoms. The highest BCUT2D eigenvalue weighted by molar-refractivity contribution is 6.31. The predicted molar refractivity (Wildman–Crippen MR) is 124 cm³/mol. The molecule has 198 valence electrons. The van der Waals surface area contributed by atoms with Crippen molar-refractivity contribution in [1.82, 2.24) is 9.88 Å². The molecular formula is C24H21Cl2F4N3O4. The van der Waals surface area contributed by atoms with E-state index in [1.165, 1.54) is 18.2 Å². The van der Waals surface area contributed by atoms with Gasteiger partial charge in [-0.25, -0.2) is 19.0 Å². The van der Waals surface area contributed by atoms with Crippen LogP contribution in [0, 0.1) is 22.6 Å². The van der Waals surface area contributed by atoms with E-state index >= 15 is 13.2 Å². The molecule has 0 unspecified atom stereocenters. The predicted octanol–water partition coefficient (Wildman–Crippen LogP) is 5.67. The highest BCUT2D eigenvalue weighted by Gasteiger charge is 2.72. The summed E-state index contributed by atoms with van der Waals surface area (Å²) >= 11 is 11.9. The van der Waals surface area contributed by atoms with Gasteiger partial charge in [-0.2, -0.15) is 14.0 Å². The molecule has 1 saturated heterocycles. The molecule has 1 N–H and O–H groups in total. The standard InChI is InChI=1S/C24H21Cl2F4N3O4/c1-22(2,3)9-16-23(11-31,15-8-7-12(25)10-32-15)17(13-5-4-6-14(26)18(13)27)19(20(34)35)33(16)24(28,29)21(36)37-30/h4-8,10,16-17,19H,9H2,1-3H3,(H,34,35)/t16-,17-,19+,23-/m0/s1. The van der Waals surface area contributed by atoms with Gasteiger partial charge in [-0.05, 0) is 35.6 Å². The van der Waals surface area contributed by atoms with Crippen LogP contribution in [0.5, 0.6) is 0 Å². The van der Waals surface area contributed by atoms with Crippen LogP contribution in [-0.2, 0) is 19.9 Å². The maximum Gasteiger partial charge on any atom is 0.434 e. The minimum Gasteiger partial charge on any atom is -0.480 e. The van der Waals surface area contributed by atoms with E-state index in [4.69, 9.17) is 23.2 Å². The van der Waals surface area contributed by atoms with Crippen LogP contribution in [0.2, 0.25) is 10.0 Å². The van der Waals surface area contributed by atoms with Gasteiger partial charge in [-0.3, -0.25) is 9.78 Å². The second kappa shape index (κ2) is 10.1. The minimum absolute atomic E-state index is 0.0903. The lowest BCUT2D eigenvalue weighted by atomic mass is 9.64. The maximum atomic E-state index is 15.6. The molecule has 4 atom stereocenters. The van der Waals surface area contributed by atoms with E-state index in [2.05, 4.69) is 9.93 Å². The van der Waals surface area contributed by atoms with Gasteiger partial charge in [0.2, 0.25) is 0 Å². The molecule has 37 heavy (non-hydrogen) atoms. The monoisotopic (exact) mass is 561 g/mol. The van der Waals surface area contributed by atoms with Gasteiger partial charge < -0.3 is 5.11 Å². The number of aromatic nitrogens is 1. The molecule has 0 amide bonds. The van der Waals surface area contributed by atoms with Crippen molar-refractivity contribution < 1.29 is 37.3 Å². The molecule has 0 radical (unpaired) electrons. The normalized spacial score (nSPS) is 24.5. The molecule has 1 aliphatic rings. The second-order valence-electron chi connectivity index (χ2n) is 9.84. The Morgan fingerprint density at radius 1 is 1.24 bits per heavy atom. The van der Waals surface area contributed by atoms with Gasteiger partial charge in [0.25, 0.3) is 0 Å². The molecule has 2 heterocycles. The molecule has 1 aromatic carbocycles. The lowest BCUT2D eigenvalue weighted by Gasteiger charge is -2.39.